The highest BCUT2D eigenvalue weighted by Crippen LogP contribution is 2.31. The lowest BCUT2D eigenvalue weighted by Crippen LogP contribution is -2.19. The van der Waals surface area contributed by atoms with Crippen LogP contribution in [0.4, 0.5) is 0 Å². The van der Waals surface area contributed by atoms with E-state index in [9.17, 15) is 4.79 Å². The summed E-state index contributed by atoms with van der Waals surface area (Å²) in [5.41, 5.74) is 4.71. The molecular formula is C27H31N5O4. The predicted molar refractivity (Wildman–Crippen MR) is 135 cm³/mol. The van der Waals surface area contributed by atoms with Gasteiger partial charge in [0.15, 0.2) is 12.1 Å². The number of ether oxygens (including phenoxy) is 3. The van der Waals surface area contributed by atoms with Crippen molar-refractivity contribution in [3.8, 4) is 17.1 Å². The highest BCUT2D eigenvalue weighted by molar-refractivity contribution is 5.93. The molecule has 5 rings (SSSR count). The normalized spacial score (nSPS) is 15.8. The summed E-state index contributed by atoms with van der Waals surface area (Å²) in [4.78, 5) is 16.8. The van der Waals surface area contributed by atoms with Crippen LogP contribution in [-0.2, 0) is 29.4 Å². The Morgan fingerprint density at radius 3 is 2.78 bits per heavy atom. The Labute approximate surface area is 210 Å². The SMILES string of the molecule is CCc1c(Cc2nc(-c3ccc(C(=O)OC)c(OC)c3)nn2C)ccc2c1cnn2C1CCCCO1. The molecule has 1 fully saturated rings. The highest BCUT2D eigenvalue weighted by Gasteiger charge is 2.21. The molecule has 1 atom stereocenters. The lowest BCUT2D eigenvalue weighted by Gasteiger charge is -2.23. The number of benzene rings is 2. The number of carbonyl (C=O) groups is 1. The van der Waals surface area contributed by atoms with E-state index in [1.165, 1.54) is 25.3 Å². The largest absolute Gasteiger partial charge is 0.496 e. The fraction of sp³-hybridized carbons (Fsp3) is 0.407. The standard InChI is InChI=1S/C27H31N5O4/c1-5-19-17(10-12-22-21(19)16-28-32(22)25-8-6-7-13-36-25)15-24-29-26(30-31(24)2)18-9-11-20(27(33)35-4)23(14-18)34-3/h9-12,14,16,25H,5-8,13,15H2,1-4H3. The minimum atomic E-state index is -0.450. The van der Waals surface area contributed by atoms with Crippen molar-refractivity contribution in [2.24, 2.45) is 7.05 Å². The minimum Gasteiger partial charge on any atom is -0.496 e. The van der Waals surface area contributed by atoms with Crippen molar-refractivity contribution in [2.75, 3.05) is 20.8 Å². The van der Waals surface area contributed by atoms with E-state index in [0.29, 0.717) is 23.6 Å². The summed E-state index contributed by atoms with van der Waals surface area (Å²) < 4.78 is 20.0. The van der Waals surface area contributed by atoms with E-state index < -0.39 is 5.97 Å². The molecule has 1 saturated heterocycles. The summed E-state index contributed by atoms with van der Waals surface area (Å²) >= 11 is 0. The van der Waals surface area contributed by atoms with Gasteiger partial charge in [0.25, 0.3) is 0 Å². The lowest BCUT2D eigenvalue weighted by molar-refractivity contribution is -0.0366. The molecule has 0 aliphatic carbocycles. The topological polar surface area (TPSA) is 93.3 Å². The molecule has 1 aliphatic heterocycles. The molecule has 0 bridgehead atoms. The van der Waals surface area contributed by atoms with Crippen LogP contribution in [0.15, 0.2) is 36.5 Å². The van der Waals surface area contributed by atoms with Crippen LogP contribution in [0, 0.1) is 0 Å². The first-order valence-corrected chi connectivity index (χ1v) is 12.3. The fourth-order valence-corrected chi connectivity index (χ4v) is 4.92. The van der Waals surface area contributed by atoms with Gasteiger partial charge in [-0.1, -0.05) is 13.0 Å². The minimum absolute atomic E-state index is 0.00988. The molecule has 0 amide bonds. The zero-order valence-corrected chi connectivity index (χ0v) is 21.2. The summed E-state index contributed by atoms with van der Waals surface area (Å²) in [5.74, 6) is 1.39. The average molecular weight is 490 g/mol. The van der Waals surface area contributed by atoms with E-state index >= 15 is 0 Å². The van der Waals surface area contributed by atoms with Gasteiger partial charge in [0.05, 0.1) is 25.9 Å². The second-order valence-corrected chi connectivity index (χ2v) is 8.96. The van der Waals surface area contributed by atoms with E-state index in [2.05, 4.69) is 24.2 Å². The number of fused-ring (bicyclic) bond motifs is 1. The highest BCUT2D eigenvalue weighted by atomic mass is 16.5. The van der Waals surface area contributed by atoms with Crippen molar-refractivity contribution >= 4 is 16.9 Å². The van der Waals surface area contributed by atoms with Crippen LogP contribution in [0.25, 0.3) is 22.3 Å². The van der Waals surface area contributed by atoms with Gasteiger partial charge >= 0.3 is 5.97 Å². The van der Waals surface area contributed by atoms with Gasteiger partial charge in [-0.05, 0) is 61.1 Å². The third kappa shape index (κ3) is 4.35. The molecule has 2 aromatic carbocycles. The fourth-order valence-electron chi connectivity index (χ4n) is 4.92. The van der Waals surface area contributed by atoms with Gasteiger partial charge in [-0.3, -0.25) is 4.68 Å². The summed E-state index contributed by atoms with van der Waals surface area (Å²) in [6.45, 7) is 2.96. The smallest absolute Gasteiger partial charge is 0.341 e. The van der Waals surface area contributed by atoms with Crippen LogP contribution in [0.3, 0.4) is 0 Å². The molecule has 0 N–H and O–H groups in total. The monoisotopic (exact) mass is 489 g/mol. The second-order valence-electron chi connectivity index (χ2n) is 8.96. The molecule has 9 heteroatoms. The van der Waals surface area contributed by atoms with Crippen molar-refractivity contribution in [3.63, 3.8) is 0 Å². The van der Waals surface area contributed by atoms with Crippen molar-refractivity contribution in [2.45, 2.75) is 45.3 Å². The Balaban J connectivity index is 1.45. The second kappa shape index (κ2) is 10.1. The van der Waals surface area contributed by atoms with Gasteiger partial charge in [0.1, 0.15) is 17.1 Å². The first-order chi connectivity index (χ1) is 17.5. The maximum atomic E-state index is 12.0. The summed E-state index contributed by atoms with van der Waals surface area (Å²) in [6, 6.07) is 9.55. The first kappa shape index (κ1) is 24.0. The number of carbonyl (C=O) groups excluding carboxylic acids is 1. The number of esters is 1. The third-order valence-electron chi connectivity index (χ3n) is 6.84. The number of hydrogen-bond donors (Lipinski definition) is 0. The number of aromatic nitrogens is 5. The van der Waals surface area contributed by atoms with Crippen molar-refractivity contribution in [3.05, 3.63) is 59.0 Å². The number of nitrogens with zero attached hydrogens (tertiary/aromatic N) is 5. The van der Waals surface area contributed by atoms with E-state index in [4.69, 9.17) is 24.3 Å². The zero-order valence-electron chi connectivity index (χ0n) is 21.2. The van der Waals surface area contributed by atoms with E-state index in [0.717, 1.165) is 54.6 Å². The molecule has 188 valence electrons. The first-order valence-electron chi connectivity index (χ1n) is 12.3. The molecule has 9 nitrogen and oxygen atoms in total. The van der Waals surface area contributed by atoms with Gasteiger partial charge in [-0.15, -0.1) is 0 Å². The Bertz CT molecular complexity index is 1400. The number of rotatable bonds is 7. The van der Waals surface area contributed by atoms with Crippen LogP contribution in [-0.4, -0.2) is 51.3 Å². The number of methoxy groups -OCH3 is 2. The third-order valence-corrected chi connectivity index (χ3v) is 6.84. The van der Waals surface area contributed by atoms with Gasteiger partial charge in [-0.2, -0.15) is 10.2 Å². The molecule has 2 aromatic heterocycles. The van der Waals surface area contributed by atoms with Crippen molar-refractivity contribution < 1.29 is 19.0 Å². The number of aryl methyl sites for hydroxylation is 2. The maximum absolute atomic E-state index is 12.0. The summed E-state index contributed by atoms with van der Waals surface area (Å²) in [5, 5.41) is 10.5. The van der Waals surface area contributed by atoms with Gasteiger partial charge in [0.2, 0.25) is 0 Å². The molecule has 0 radical (unpaired) electrons. The van der Waals surface area contributed by atoms with Crippen LogP contribution >= 0.6 is 0 Å². The summed E-state index contributed by atoms with van der Waals surface area (Å²) in [7, 11) is 4.77. The molecule has 4 aromatic rings. The van der Waals surface area contributed by atoms with E-state index in [-0.39, 0.29) is 6.23 Å². The van der Waals surface area contributed by atoms with Gasteiger partial charge in [0, 0.05) is 31.0 Å². The maximum Gasteiger partial charge on any atom is 0.341 e. The quantitative estimate of drug-likeness (QED) is 0.353. The average Bonchev–Trinajstić information content (AvgIpc) is 3.51. The molecule has 0 spiro atoms. The predicted octanol–water partition coefficient (Wildman–Crippen LogP) is 4.48. The van der Waals surface area contributed by atoms with E-state index in [1.54, 1.807) is 22.9 Å². The lowest BCUT2D eigenvalue weighted by atomic mass is 9.98. The molecule has 0 saturated carbocycles. The molecule has 36 heavy (non-hydrogen) atoms. The zero-order chi connectivity index (χ0) is 25.2. The van der Waals surface area contributed by atoms with Crippen LogP contribution in [0.2, 0.25) is 0 Å². The summed E-state index contributed by atoms with van der Waals surface area (Å²) in [6.07, 6.45) is 6.78. The Morgan fingerprint density at radius 1 is 1.19 bits per heavy atom. The Hall–Kier alpha value is -3.72. The van der Waals surface area contributed by atoms with Crippen molar-refractivity contribution in [1.29, 1.82) is 0 Å². The van der Waals surface area contributed by atoms with Crippen molar-refractivity contribution in [1.82, 2.24) is 24.5 Å². The Kier molecular flexibility index (Phi) is 6.73. The van der Waals surface area contributed by atoms with Crippen LogP contribution < -0.4 is 4.74 Å². The Morgan fingerprint density at radius 2 is 2.06 bits per heavy atom. The van der Waals surface area contributed by atoms with Gasteiger partial charge in [-0.25, -0.2) is 14.5 Å². The van der Waals surface area contributed by atoms with Crippen LogP contribution in [0.5, 0.6) is 5.75 Å². The van der Waals surface area contributed by atoms with E-state index in [1.807, 2.05) is 17.9 Å². The molecule has 1 aliphatic rings. The van der Waals surface area contributed by atoms with Gasteiger partial charge < -0.3 is 14.2 Å². The molecular weight excluding hydrogens is 458 g/mol. The molecule has 3 heterocycles. The molecule has 1 unspecified atom stereocenters. The van der Waals surface area contributed by atoms with Crippen LogP contribution in [0.1, 0.15) is 59.7 Å². The number of hydrogen-bond acceptors (Lipinski definition) is 7.